The molecule has 0 aromatic heterocycles. The molecule has 0 bridgehead atoms. The fourth-order valence-electron chi connectivity index (χ4n) is 3.72. The Morgan fingerprint density at radius 3 is 2.09 bits per heavy atom. The molecule has 0 saturated heterocycles. The summed E-state index contributed by atoms with van der Waals surface area (Å²) in [5.41, 5.74) is 3.62. The largest absolute Gasteiger partial charge is 0.497 e. The molecule has 0 amide bonds. The van der Waals surface area contributed by atoms with Crippen LogP contribution < -0.4 is 9.46 Å². The van der Waals surface area contributed by atoms with Gasteiger partial charge in [-0.05, 0) is 54.4 Å². The number of benzene rings is 3. The minimum absolute atomic E-state index is 0.114. The standard InChI is InChI=1S/C24H25N3O5S2/c1-17-4-6-19(7-5-17)24-16-23(18-8-10-20(11-9-18)26-33(3,28)29)25-27(24)34(30,31)22-14-12-21(32-2)13-15-22/h4-15,24,26H,16H2,1-3H3/t24-/m1/s1. The van der Waals surface area contributed by atoms with E-state index in [9.17, 15) is 16.8 Å². The van der Waals surface area contributed by atoms with E-state index in [1.54, 1.807) is 36.4 Å². The Bertz CT molecular complexity index is 1420. The Kier molecular flexibility index (Phi) is 6.37. The maximum absolute atomic E-state index is 13.6. The van der Waals surface area contributed by atoms with Crippen LogP contribution in [-0.4, -0.2) is 40.3 Å². The molecule has 3 aromatic carbocycles. The lowest BCUT2D eigenvalue weighted by Gasteiger charge is -2.23. The zero-order valence-corrected chi connectivity index (χ0v) is 20.6. The molecule has 34 heavy (non-hydrogen) atoms. The summed E-state index contributed by atoms with van der Waals surface area (Å²) in [4.78, 5) is 0.114. The smallest absolute Gasteiger partial charge is 0.279 e. The molecule has 3 aromatic rings. The molecule has 0 saturated carbocycles. The van der Waals surface area contributed by atoms with Crippen molar-refractivity contribution in [2.75, 3.05) is 18.1 Å². The van der Waals surface area contributed by atoms with Crippen molar-refractivity contribution in [1.29, 1.82) is 0 Å². The molecule has 1 aliphatic heterocycles. The van der Waals surface area contributed by atoms with Gasteiger partial charge in [-0.1, -0.05) is 42.0 Å². The van der Waals surface area contributed by atoms with Gasteiger partial charge in [-0.25, -0.2) is 8.42 Å². The molecule has 1 heterocycles. The van der Waals surface area contributed by atoms with E-state index in [0.717, 1.165) is 21.8 Å². The third-order valence-corrected chi connectivity index (χ3v) is 7.76. The average Bonchev–Trinajstić information content (AvgIpc) is 3.25. The molecule has 1 atom stereocenters. The minimum Gasteiger partial charge on any atom is -0.497 e. The molecule has 0 aliphatic carbocycles. The van der Waals surface area contributed by atoms with Crippen molar-refractivity contribution in [1.82, 2.24) is 4.41 Å². The van der Waals surface area contributed by atoms with E-state index in [0.29, 0.717) is 29.1 Å². The van der Waals surface area contributed by atoms with Gasteiger partial charge in [-0.15, -0.1) is 0 Å². The number of hydrogen-bond donors (Lipinski definition) is 1. The quantitative estimate of drug-likeness (QED) is 0.531. The number of hydrogen-bond acceptors (Lipinski definition) is 6. The summed E-state index contributed by atoms with van der Waals surface area (Å²) < 4.78 is 58.8. The molecule has 8 nitrogen and oxygen atoms in total. The summed E-state index contributed by atoms with van der Waals surface area (Å²) in [5, 5.41) is 4.53. The number of ether oxygens (including phenoxy) is 1. The van der Waals surface area contributed by atoms with Crippen molar-refractivity contribution in [3.8, 4) is 5.75 Å². The molecule has 4 rings (SSSR count). The van der Waals surface area contributed by atoms with Gasteiger partial charge in [0.2, 0.25) is 10.0 Å². The molecule has 0 radical (unpaired) electrons. The SMILES string of the molecule is COc1ccc(S(=O)(=O)N2N=C(c3ccc(NS(C)(=O)=O)cc3)C[C@@H]2c2ccc(C)cc2)cc1. The highest BCUT2D eigenvalue weighted by atomic mass is 32.2. The van der Waals surface area contributed by atoms with Crippen molar-refractivity contribution in [2.45, 2.75) is 24.3 Å². The fraction of sp³-hybridized carbons (Fsp3) is 0.208. The van der Waals surface area contributed by atoms with Gasteiger partial charge in [0, 0.05) is 12.1 Å². The van der Waals surface area contributed by atoms with Crippen LogP contribution in [-0.2, 0) is 20.0 Å². The van der Waals surface area contributed by atoms with Crippen molar-refractivity contribution < 1.29 is 21.6 Å². The number of sulfonamides is 2. The van der Waals surface area contributed by atoms with Crippen LogP contribution in [0.4, 0.5) is 5.69 Å². The highest BCUT2D eigenvalue weighted by Gasteiger charge is 2.37. The number of nitrogens with one attached hydrogen (secondary N) is 1. The second-order valence-corrected chi connectivity index (χ2v) is 11.6. The Morgan fingerprint density at radius 1 is 0.912 bits per heavy atom. The number of nitrogens with zero attached hydrogens (tertiary/aromatic N) is 2. The lowest BCUT2D eigenvalue weighted by atomic mass is 9.98. The molecule has 10 heteroatoms. The van der Waals surface area contributed by atoms with Crippen molar-refractivity contribution >= 4 is 31.4 Å². The van der Waals surface area contributed by atoms with Crippen LogP contribution in [0.5, 0.6) is 5.75 Å². The minimum atomic E-state index is -3.95. The van der Waals surface area contributed by atoms with Gasteiger partial charge in [0.05, 0.1) is 30.0 Å². The number of anilines is 1. The summed E-state index contributed by atoms with van der Waals surface area (Å²) in [7, 11) is -5.83. The maximum atomic E-state index is 13.6. The topological polar surface area (TPSA) is 105 Å². The normalized spacial score (nSPS) is 16.3. The number of rotatable bonds is 7. The molecule has 178 valence electrons. The summed E-state index contributed by atoms with van der Waals surface area (Å²) in [6, 6.07) is 20.1. The maximum Gasteiger partial charge on any atom is 0.279 e. The molecule has 1 aliphatic rings. The number of aryl methyl sites for hydroxylation is 1. The van der Waals surface area contributed by atoms with Crippen LogP contribution in [0.2, 0.25) is 0 Å². The average molecular weight is 500 g/mol. The van der Waals surface area contributed by atoms with Gasteiger partial charge in [0.1, 0.15) is 5.75 Å². The second kappa shape index (κ2) is 9.11. The zero-order valence-electron chi connectivity index (χ0n) is 19.0. The lowest BCUT2D eigenvalue weighted by Crippen LogP contribution is -2.27. The lowest BCUT2D eigenvalue weighted by molar-refractivity contribution is 0.371. The zero-order chi connectivity index (χ0) is 24.5. The van der Waals surface area contributed by atoms with E-state index in [-0.39, 0.29) is 4.90 Å². The van der Waals surface area contributed by atoms with Crippen molar-refractivity contribution in [2.24, 2.45) is 5.10 Å². The van der Waals surface area contributed by atoms with Crippen molar-refractivity contribution in [3.05, 3.63) is 89.5 Å². The predicted octanol–water partition coefficient (Wildman–Crippen LogP) is 3.92. The molecule has 1 N–H and O–H groups in total. The summed E-state index contributed by atoms with van der Waals surface area (Å²) in [5.74, 6) is 0.558. The highest BCUT2D eigenvalue weighted by molar-refractivity contribution is 7.92. The third kappa shape index (κ3) is 5.07. The predicted molar refractivity (Wildman–Crippen MR) is 132 cm³/mol. The van der Waals surface area contributed by atoms with Gasteiger partial charge < -0.3 is 4.74 Å². The first-order chi connectivity index (χ1) is 16.1. The van der Waals surface area contributed by atoms with Crippen LogP contribution in [0.3, 0.4) is 0 Å². The first kappa shape index (κ1) is 23.8. The van der Waals surface area contributed by atoms with E-state index >= 15 is 0 Å². The monoisotopic (exact) mass is 499 g/mol. The van der Waals surface area contributed by atoms with Gasteiger partial charge in [-0.3, -0.25) is 4.72 Å². The highest BCUT2D eigenvalue weighted by Crippen LogP contribution is 2.37. The Balaban J connectivity index is 1.72. The number of methoxy groups -OCH3 is 1. The Labute approximate surface area is 200 Å². The van der Waals surface area contributed by atoms with Gasteiger partial charge >= 0.3 is 0 Å². The van der Waals surface area contributed by atoms with E-state index < -0.39 is 26.1 Å². The molecule has 0 spiro atoms. The first-order valence-corrected chi connectivity index (χ1v) is 13.8. The van der Waals surface area contributed by atoms with Gasteiger partial charge in [-0.2, -0.15) is 17.9 Å². The Morgan fingerprint density at radius 2 is 1.53 bits per heavy atom. The summed E-state index contributed by atoms with van der Waals surface area (Å²) in [6.45, 7) is 1.97. The first-order valence-electron chi connectivity index (χ1n) is 10.5. The van der Waals surface area contributed by atoms with Crippen LogP contribution in [0.1, 0.15) is 29.2 Å². The molecule has 0 unspecified atom stereocenters. The van der Waals surface area contributed by atoms with Gasteiger partial charge in [0.25, 0.3) is 10.0 Å². The molecular weight excluding hydrogens is 474 g/mol. The summed E-state index contributed by atoms with van der Waals surface area (Å²) >= 11 is 0. The van der Waals surface area contributed by atoms with Crippen LogP contribution >= 0.6 is 0 Å². The van der Waals surface area contributed by atoms with Crippen LogP contribution in [0, 0.1) is 6.92 Å². The Hall–Kier alpha value is -3.37. The van der Waals surface area contributed by atoms with Crippen molar-refractivity contribution in [3.63, 3.8) is 0 Å². The molecule has 0 fully saturated rings. The van der Waals surface area contributed by atoms with E-state index in [1.807, 2.05) is 31.2 Å². The summed E-state index contributed by atoms with van der Waals surface area (Å²) in [6.07, 6.45) is 1.45. The van der Waals surface area contributed by atoms with Crippen LogP contribution in [0.25, 0.3) is 0 Å². The van der Waals surface area contributed by atoms with Crippen LogP contribution in [0.15, 0.2) is 82.8 Å². The molecular formula is C24H25N3O5S2. The van der Waals surface area contributed by atoms with Gasteiger partial charge in [0.15, 0.2) is 0 Å². The second-order valence-electron chi connectivity index (χ2n) is 8.08. The van der Waals surface area contributed by atoms with E-state index in [1.165, 1.54) is 19.2 Å². The van der Waals surface area contributed by atoms with E-state index in [4.69, 9.17) is 4.74 Å². The fourth-order valence-corrected chi connectivity index (χ4v) is 5.72. The third-order valence-electron chi connectivity index (χ3n) is 5.46. The van der Waals surface area contributed by atoms with E-state index in [2.05, 4.69) is 9.82 Å². The number of hydrazone groups is 1.